The van der Waals surface area contributed by atoms with Crippen LogP contribution in [0.5, 0.6) is 0 Å². The maximum absolute atomic E-state index is 12.6. The van der Waals surface area contributed by atoms with Crippen molar-refractivity contribution in [2.75, 3.05) is 6.61 Å². The van der Waals surface area contributed by atoms with E-state index in [4.69, 9.17) is 4.74 Å². The zero-order valence-corrected chi connectivity index (χ0v) is 36.7. The van der Waals surface area contributed by atoms with E-state index in [1.807, 2.05) is 42.5 Å². The Morgan fingerprint density at radius 2 is 1.36 bits per heavy atom. The second-order valence-electron chi connectivity index (χ2n) is 17.5. The molecule has 0 radical (unpaired) electrons. The van der Waals surface area contributed by atoms with Gasteiger partial charge >= 0.3 is 5.97 Å². The van der Waals surface area contributed by atoms with E-state index < -0.39 is 0 Å². The van der Waals surface area contributed by atoms with Crippen LogP contribution in [-0.2, 0) is 9.53 Å². The lowest BCUT2D eigenvalue weighted by Gasteiger charge is -2.38. The maximum Gasteiger partial charge on any atom is 0.330 e. The number of ether oxygens (including phenoxy) is 1. The molecule has 4 nitrogen and oxygen atoms in total. The first kappa shape index (κ1) is 48.4. The third kappa shape index (κ3) is 19.4. The molecule has 2 N–H and O–H groups in total. The summed E-state index contributed by atoms with van der Waals surface area (Å²) in [5.41, 5.74) is 7.90. The normalized spacial score (nSPS) is 22.9. The third-order valence-electron chi connectivity index (χ3n) is 10.8. The van der Waals surface area contributed by atoms with Gasteiger partial charge in [0.2, 0.25) is 0 Å². The summed E-state index contributed by atoms with van der Waals surface area (Å²) >= 11 is 0. The molecule has 4 heteroatoms. The first-order valence-electron chi connectivity index (χ1n) is 21.2. The fourth-order valence-corrected chi connectivity index (χ4v) is 7.79. The lowest BCUT2D eigenvalue weighted by molar-refractivity contribution is -0.136. The molecule has 0 saturated carbocycles. The van der Waals surface area contributed by atoms with E-state index in [1.165, 1.54) is 60.8 Å². The van der Waals surface area contributed by atoms with Crippen LogP contribution in [0.2, 0.25) is 0 Å². The summed E-state index contributed by atoms with van der Waals surface area (Å²) in [5.74, 6) is 0.00854. The molecule has 0 bridgehead atoms. The van der Waals surface area contributed by atoms with E-state index in [0.29, 0.717) is 12.3 Å². The van der Waals surface area contributed by atoms with Gasteiger partial charge < -0.3 is 14.9 Å². The van der Waals surface area contributed by atoms with Crippen molar-refractivity contribution in [3.8, 4) is 0 Å². The molecule has 0 saturated heterocycles. The van der Waals surface area contributed by atoms with Gasteiger partial charge in [-0.15, -0.1) is 0 Å². The predicted molar refractivity (Wildman–Crippen MR) is 241 cm³/mol. The predicted octanol–water partition coefficient (Wildman–Crippen LogP) is 13.6. The van der Waals surface area contributed by atoms with E-state index >= 15 is 0 Å². The number of unbranched alkanes of at least 4 members (excludes halogenated alkanes) is 7. The minimum atomic E-state index is -0.349. The molecule has 56 heavy (non-hydrogen) atoms. The van der Waals surface area contributed by atoms with Gasteiger partial charge in [0.05, 0.1) is 12.2 Å². The fraction of sp³-hybridized carbons (Fsp3) is 0.519. The number of rotatable bonds is 21. The highest BCUT2D eigenvalue weighted by Crippen LogP contribution is 2.42. The average Bonchev–Trinajstić information content (AvgIpc) is 3.09. The summed E-state index contributed by atoms with van der Waals surface area (Å²) in [6.45, 7) is 21.7. The number of aliphatic hydroxyl groups is 2. The first-order chi connectivity index (χ1) is 26.5. The molecular formula is C52H76O4. The Balaban J connectivity index is 2.03. The average molecular weight is 765 g/mol. The molecule has 0 amide bonds. The van der Waals surface area contributed by atoms with Crippen LogP contribution in [0.3, 0.4) is 0 Å². The zero-order valence-electron chi connectivity index (χ0n) is 36.7. The molecule has 0 spiro atoms. The number of esters is 1. The standard InChI is InChI=1S/C52H76O4/c1-11-12-13-14-15-16-17-18-19-30-50(55)56-39-45(32-34-49-44(6)36-47(54)38-52(49,9)10)29-23-28-41(3)25-21-20-24-40(2)26-22-27-42(4)31-33-48-43(5)35-46(53)37-51(48,7)8/h19-35,46-48,53-54H,11-18,36-39H2,1-10H3. The third-order valence-corrected chi connectivity index (χ3v) is 10.8. The van der Waals surface area contributed by atoms with Gasteiger partial charge in [-0.3, -0.25) is 0 Å². The second-order valence-corrected chi connectivity index (χ2v) is 17.5. The summed E-state index contributed by atoms with van der Waals surface area (Å²) in [7, 11) is 0. The van der Waals surface area contributed by atoms with Gasteiger partial charge in [-0.1, -0.05) is 198 Å². The Bertz CT molecular complexity index is 1620. The number of allylic oxidation sites excluding steroid dienone is 19. The van der Waals surface area contributed by atoms with Gasteiger partial charge in [0.1, 0.15) is 6.61 Å². The van der Waals surface area contributed by atoms with Gasteiger partial charge in [0.25, 0.3) is 0 Å². The molecule has 0 aromatic heterocycles. The summed E-state index contributed by atoms with van der Waals surface area (Å²) in [5, 5.41) is 20.5. The molecular weight excluding hydrogens is 689 g/mol. The summed E-state index contributed by atoms with van der Waals surface area (Å²) in [4.78, 5) is 12.6. The molecule has 0 aromatic carbocycles. The van der Waals surface area contributed by atoms with Crippen molar-refractivity contribution in [2.45, 2.75) is 152 Å². The number of aliphatic hydroxyl groups excluding tert-OH is 2. The van der Waals surface area contributed by atoms with Crippen molar-refractivity contribution in [1.82, 2.24) is 0 Å². The van der Waals surface area contributed by atoms with Crippen molar-refractivity contribution < 1.29 is 19.7 Å². The Labute approximate surface area is 342 Å². The van der Waals surface area contributed by atoms with Crippen molar-refractivity contribution in [1.29, 1.82) is 0 Å². The topological polar surface area (TPSA) is 66.8 Å². The van der Waals surface area contributed by atoms with Crippen molar-refractivity contribution in [3.63, 3.8) is 0 Å². The van der Waals surface area contributed by atoms with Crippen LogP contribution < -0.4 is 0 Å². The van der Waals surface area contributed by atoms with Crippen LogP contribution in [0.15, 0.2) is 142 Å². The van der Waals surface area contributed by atoms with Crippen molar-refractivity contribution in [3.05, 3.63) is 142 Å². The molecule has 3 unspecified atom stereocenters. The number of carbonyl (C=O) groups is 1. The fourth-order valence-electron chi connectivity index (χ4n) is 7.79. The molecule has 0 aliphatic heterocycles. The van der Waals surface area contributed by atoms with Crippen LogP contribution in [0.4, 0.5) is 0 Å². The van der Waals surface area contributed by atoms with Gasteiger partial charge in [-0.05, 0) is 88.7 Å². The van der Waals surface area contributed by atoms with Gasteiger partial charge in [0.15, 0.2) is 0 Å². The van der Waals surface area contributed by atoms with E-state index in [-0.39, 0.29) is 35.6 Å². The minimum Gasteiger partial charge on any atom is -0.458 e. The van der Waals surface area contributed by atoms with E-state index in [9.17, 15) is 15.0 Å². The van der Waals surface area contributed by atoms with E-state index in [2.05, 4.69) is 124 Å². The highest BCUT2D eigenvalue weighted by molar-refractivity contribution is 5.82. The van der Waals surface area contributed by atoms with Gasteiger partial charge in [-0.25, -0.2) is 4.79 Å². The smallest absolute Gasteiger partial charge is 0.330 e. The Hall–Kier alpha value is -3.73. The maximum atomic E-state index is 12.6. The number of carbonyl (C=O) groups excluding carboxylic acids is 1. The molecule has 0 fully saturated rings. The van der Waals surface area contributed by atoms with Crippen LogP contribution in [0, 0.1) is 16.7 Å². The summed E-state index contributed by atoms with van der Waals surface area (Å²) in [6.07, 6.45) is 46.0. The first-order valence-corrected chi connectivity index (χ1v) is 21.2. The summed E-state index contributed by atoms with van der Waals surface area (Å²) < 4.78 is 5.67. The van der Waals surface area contributed by atoms with Crippen LogP contribution in [0.25, 0.3) is 0 Å². The highest BCUT2D eigenvalue weighted by atomic mass is 16.5. The van der Waals surface area contributed by atoms with Crippen molar-refractivity contribution >= 4 is 5.97 Å². The zero-order chi connectivity index (χ0) is 41.6. The Morgan fingerprint density at radius 1 is 0.768 bits per heavy atom. The SMILES string of the molecule is CCCCCCCCCC=CC(=O)OCC(C=CC1=C(C)CC(O)CC1(C)C)=CC=CC(C)=CC=CC=C(C)C=CC=C(C)C=CC1C(C)=CC(O)CC1(C)C. The molecule has 0 heterocycles. The second kappa shape index (κ2) is 25.5. The van der Waals surface area contributed by atoms with E-state index in [0.717, 1.165) is 42.4 Å². The van der Waals surface area contributed by atoms with Gasteiger partial charge in [0, 0.05) is 12.0 Å². The Kier molecular flexibility index (Phi) is 22.1. The Morgan fingerprint density at radius 3 is 1.98 bits per heavy atom. The van der Waals surface area contributed by atoms with E-state index in [1.54, 1.807) is 6.08 Å². The number of hydrogen-bond donors (Lipinski definition) is 2. The lowest BCUT2D eigenvalue weighted by atomic mass is 9.67. The monoisotopic (exact) mass is 765 g/mol. The molecule has 3 atom stereocenters. The lowest BCUT2D eigenvalue weighted by Crippen LogP contribution is -2.32. The quantitative estimate of drug-likeness (QED) is 0.0402. The van der Waals surface area contributed by atoms with Crippen LogP contribution >= 0.6 is 0 Å². The largest absolute Gasteiger partial charge is 0.458 e. The molecule has 308 valence electrons. The molecule has 2 aliphatic carbocycles. The molecule has 2 rings (SSSR count). The molecule has 0 aromatic rings. The van der Waals surface area contributed by atoms with Gasteiger partial charge in [-0.2, -0.15) is 0 Å². The minimum absolute atomic E-state index is 0.0341. The highest BCUT2D eigenvalue weighted by Gasteiger charge is 2.34. The van der Waals surface area contributed by atoms with Crippen molar-refractivity contribution in [2.24, 2.45) is 16.7 Å². The molecule has 2 aliphatic rings. The van der Waals surface area contributed by atoms with Crippen LogP contribution in [-0.4, -0.2) is 35.0 Å². The summed E-state index contributed by atoms with van der Waals surface area (Å²) in [6, 6.07) is 0. The van der Waals surface area contributed by atoms with Crippen LogP contribution in [0.1, 0.15) is 140 Å². The number of hydrogen-bond acceptors (Lipinski definition) is 4.